The van der Waals surface area contributed by atoms with Crippen molar-refractivity contribution in [3.8, 4) is 5.75 Å². The standard InChI is InChI=1S/C88H119N21O26S2/c1-8-84(131)37-44-38-87(80(129)134-7,66-49(23-28-108(40-44)43-84)48-14-10-11-15-52(48)95-66)51-32-50-59(36-60(51)133-6)107(5)77-86(50)25-29-109-27-13-24-85(9-2,76(86)109)78(127)88(77,132)79(128)103-104-83(130)135-30-31-136-137-42-58(75(125)126)100-72(121)57(35-64(115)116)99-71(120)56(34-63(113)114)98-69(118)53(16-12-26-92-81(89)90)96-70(119)55(33-62(111)112)94-61(110)22-21-54(74(123)124)97-68(117)45-17-19-46(20-18-45)105(3)41-47-39-93-67-65(106(47)4)73(122)102-82(91)101-67/h10-11,13-15,17-20,24,32,36,44,47,53-58,76-78,81,92,95,127,131-132H,8-9,12,16,21-23,25-31,33-35,37-43,89-90H2,1-7H3,(H,94,110)(H,96,119)(H,97,117)(H,98,118)(H,99,120)(H,100,121)(H,103,128)(H,104,130)(H,111,112)(H,113,114)(H,115,116)(H,123,124)(H,125,126)(H4,91,93,101,102,122)/t44?,47?,53-,54-,55-,56-,57-,58-,76+,77-,78-,84?,85-,86-,87+,88+/m0/s1. The molecule has 1 saturated carbocycles. The number of likely N-dealkylation sites (N-methyl/N-ethyl adjacent to an activating group) is 3. The largest absolute Gasteiger partial charge is 0.496 e. The predicted octanol–water partition coefficient (Wildman–Crippen LogP) is -2.41. The van der Waals surface area contributed by atoms with E-state index in [1.54, 1.807) is 49.1 Å². The molecule has 2 saturated heterocycles. The molecule has 8 heterocycles. The van der Waals surface area contributed by atoms with Gasteiger partial charge in [-0.25, -0.2) is 19.8 Å². The number of aliphatic carboxylic acids is 5. The van der Waals surface area contributed by atoms with Crippen LogP contribution in [-0.2, 0) is 84.3 Å². The van der Waals surface area contributed by atoms with Crippen LogP contribution in [0.5, 0.6) is 5.75 Å². The average Bonchev–Trinajstić information content (AvgIpc) is 1.48. The number of hydrogen-bond acceptors (Lipinski definition) is 34. The summed E-state index contributed by atoms with van der Waals surface area (Å²) < 4.78 is 17.8. The molecule has 4 unspecified atom stereocenters. The average molecular weight is 1950 g/mol. The highest BCUT2D eigenvalue weighted by Gasteiger charge is 2.79. The second-order valence-electron chi connectivity index (χ2n) is 35.7. The van der Waals surface area contributed by atoms with Gasteiger partial charge in [0.25, 0.3) is 17.4 Å². The lowest BCUT2D eigenvalue weighted by molar-refractivity contribution is -0.204. The van der Waals surface area contributed by atoms with Crippen molar-refractivity contribution >= 4 is 145 Å². The minimum Gasteiger partial charge on any atom is -0.496 e. The van der Waals surface area contributed by atoms with Gasteiger partial charge < -0.3 is 129 Å². The fourth-order valence-electron chi connectivity index (χ4n) is 20.9. The molecular weight excluding hydrogens is 1830 g/mol. The van der Waals surface area contributed by atoms with Gasteiger partial charge >= 0.3 is 41.9 Å². The number of esters is 1. The number of hydrazine groups is 1. The lowest BCUT2D eigenvalue weighted by Crippen LogP contribution is -2.82. The number of hydrogen-bond donors (Lipinski definition) is 23. The van der Waals surface area contributed by atoms with Crippen molar-refractivity contribution in [2.75, 3.05) is 132 Å². The van der Waals surface area contributed by atoms with E-state index in [0.717, 1.165) is 38.1 Å². The lowest BCUT2D eigenvalue weighted by Gasteiger charge is -2.63. The number of carboxylic acids is 5. The van der Waals surface area contributed by atoms with Gasteiger partial charge in [0.05, 0.1) is 51.2 Å². The Morgan fingerprint density at radius 2 is 1.36 bits per heavy atom. The third-order valence-electron chi connectivity index (χ3n) is 27.2. The number of carbonyl (C=O) groups is 14. The number of anilines is 5. The van der Waals surface area contributed by atoms with E-state index < -0.39 is 228 Å². The van der Waals surface area contributed by atoms with Crippen LogP contribution in [0.4, 0.5) is 33.6 Å². The molecule has 7 aliphatic rings. The number of piperidine rings is 1. The van der Waals surface area contributed by atoms with Gasteiger partial charge in [0.2, 0.25) is 35.5 Å². The normalized spacial score (nSPS) is 24.6. The minimum absolute atomic E-state index is 0.0145. The quantitative estimate of drug-likeness (QED) is 0.00483. The van der Waals surface area contributed by atoms with E-state index in [-0.39, 0.29) is 66.5 Å². The molecule has 1 spiro atoms. The number of carbonyl (C=O) groups excluding carboxylic acids is 9. The summed E-state index contributed by atoms with van der Waals surface area (Å²) in [5.41, 5.74) is 17.9. The lowest BCUT2D eigenvalue weighted by atomic mass is 9.47. The molecule has 5 aromatic rings. The van der Waals surface area contributed by atoms with E-state index in [1.165, 1.54) is 26.4 Å². The number of fused-ring (bicyclic) bond motifs is 7. The van der Waals surface area contributed by atoms with E-state index in [1.807, 2.05) is 66.5 Å². The number of nitrogen functional groups attached to an aromatic ring is 1. The Labute approximate surface area is 793 Å². The topological polar surface area (TPSA) is 705 Å². The number of nitrogens with zero attached hydrogens (tertiary/aromatic N) is 6. The molecule has 3 aromatic carbocycles. The zero-order chi connectivity index (χ0) is 99.7. The van der Waals surface area contributed by atoms with Crippen LogP contribution < -0.4 is 95.6 Å². The van der Waals surface area contributed by atoms with Gasteiger partial charge in [0.1, 0.15) is 72.1 Å². The molecular formula is C88H119N21O26S2. The Balaban J connectivity index is 0.655. The van der Waals surface area contributed by atoms with Crippen LogP contribution in [0.1, 0.15) is 124 Å². The Bertz CT molecular complexity index is 5520. The summed E-state index contributed by atoms with van der Waals surface area (Å²) in [5.74, 6) is -18.1. The van der Waals surface area contributed by atoms with Crippen LogP contribution >= 0.6 is 21.6 Å². The second kappa shape index (κ2) is 43.4. The number of H-pyrrole nitrogens is 2. The first-order valence-corrected chi connectivity index (χ1v) is 47.2. The summed E-state index contributed by atoms with van der Waals surface area (Å²) in [6.07, 6.45) is -3.92. The maximum Gasteiger partial charge on any atom is 0.426 e. The first-order chi connectivity index (χ1) is 65.0. The van der Waals surface area contributed by atoms with E-state index in [9.17, 15) is 103 Å². The molecule has 6 aliphatic heterocycles. The smallest absolute Gasteiger partial charge is 0.426 e. The Hall–Kier alpha value is -12.6. The Kier molecular flexibility index (Phi) is 32.7. The fraction of sp³-hybridized carbons (Fsp3) is 0.545. The van der Waals surface area contributed by atoms with Crippen LogP contribution in [0.2, 0.25) is 0 Å². The number of aliphatic hydroxyl groups excluding tert-OH is 1. The zero-order valence-electron chi connectivity index (χ0n) is 76.5. The highest BCUT2D eigenvalue weighted by atomic mass is 33.1. The number of aromatic nitrogens is 3. The summed E-state index contributed by atoms with van der Waals surface area (Å²) in [5, 5.41) is 109. The number of ether oxygens (including phenoxy) is 3. The van der Waals surface area contributed by atoms with Crippen molar-refractivity contribution in [1.29, 1.82) is 0 Å². The number of amides is 8. The van der Waals surface area contributed by atoms with Crippen LogP contribution in [0.25, 0.3) is 10.9 Å². The third-order valence-corrected chi connectivity index (χ3v) is 29.6. The molecule has 744 valence electrons. The number of aliphatic hydroxyl groups is 3. The second-order valence-corrected chi connectivity index (χ2v) is 38.3. The van der Waals surface area contributed by atoms with Gasteiger partial charge in [-0.15, -0.1) is 0 Å². The van der Waals surface area contributed by atoms with Gasteiger partial charge in [0, 0.05) is 140 Å². The van der Waals surface area contributed by atoms with Crippen LogP contribution in [0, 0.1) is 11.3 Å². The zero-order valence-corrected chi connectivity index (χ0v) is 78.1. The summed E-state index contributed by atoms with van der Waals surface area (Å²) in [6.45, 7) is 6.62. The SMILES string of the molecule is CCC1(O)CC2CN(CCc3c([nH]c4ccccc34)[C@](C(=O)OC)(c3cc4c(cc3OC)N(C)[C@@H]3[C@](O)(C(=O)NNC(=O)OCCSSC[C@H](NC(=O)[C@H](CC(=O)O)NC(=O)[C@H](CC(=O)O)NC(=O)[C@H](CCCNC(N)N)NC(=O)[C@H](CC(=O)O)NC(=O)CC[C@H](NC(=O)c5ccc(N(C)CC6CNc7nc(N)[nH]c(=O)c7N6C)cc5)C(=O)O)C(=O)O)[C@@H](O)[C@@]5(CC)C=CCN6CC[C@@]43[C@H]65)C2)C1. The molecule has 2 bridgehead atoms. The number of benzene rings is 3. The maximum atomic E-state index is 15.7. The maximum absolute atomic E-state index is 15.7. The number of rotatable bonds is 42. The summed E-state index contributed by atoms with van der Waals surface area (Å²) >= 11 is 0. The van der Waals surface area contributed by atoms with Crippen molar-refractivity contribution in [1.82, 2.24) is 72.8 Å². The number of para-hydroxylation sites is 1. The molecule has 47 nitrogen and oxygen atoms in total. The van der Waals surface area contributed by atoms with Crippen molar-refractivity contribution < 1.29 is 122 Å². The summed E-state index contributed by atoms with van der Waals surface area (Å²) in [7, 11) is 9.76. The van der Waals surface area contributed by atoms with Crippen molar-refractivity contribution in [2.45, 2.75) is 186 Å². The monoisotopic (exact) mass is 1950 g/mol. The van der Waals surface area contributed by atoms with Gasteiger partial charge in [-0.1, -0.05) is 65.8 Å². The molecule has 8 amide bonds. The van der Waals surface area contributed by atoms with Crippen LogP contribution in [0.15, 0.2) is 77.6 Å². The molecule has 17 atom stereocenters. The van der Waals surface area contributed by atoms with Gasteiger partial charge in [-0.2, -0.15) is 4.98 Å². The van der Waals surface area contributed by atoms with Crippen molar-refractivity contribution in [2.24, 2.45) is 22.8 Å². The number of nitrogens with one attached hydrogen (secondary N) is 12. The Morgan fingerprint density at radius 3 is 1.99 bits per heavy atom. The van der Waals surface area contributed by atoms with E-state index >= 15 is 9.59 Å². The van der Waals surface area contributed by atoms with Gasteiger partial charge in [-0.05, 0) is 124 Å². The first kappa shape index (κ1) is 103. The van der Waals surface area contributed by atoms with E-state index in [2.05, 4.69) is 72.8 Å². The van der Waals surface area contributed by atoms with Gasteiger partial charge in [0.15, 0.2) is 11.4 Å². The number of aromatic amines is 2. The number of nitrogens with two attached hydrogens (primary N) is 3. The van der Waals surface area contributed by atoms with Crippen LogP contribution in [-0.4, -0.2) is 333 Å². The molecule has 0 radical (unpaired) electrons. The number of methoxy groups -OCH3 is 2. The molecule has 12 rings (SSSR count). The molecule has 49 heteroatoms. The number of carboxylic acid groups (broad SMARTS) is 5. The molecule has 3 fully saturated rings. The molecule has 2 aromatic heterocycles. The predicted molar refractivity (Wildman–Crippen MR) is 498 cm³/mol. The third kappa shape index (κ3) is 21.9. The van der Waals surface area contributed by atoms with Crippen LogP contribution in [0.3, 0.4) is 0 Å². The first-order valence-electron chi connectivity index (χ1n) is 44.8. The molecule has 26 N–H and O–H groups in total. The highest BCUT2D eigenvalue weighted by molar-refractivity contribution is 8.76. The van der Waals surface area contributed by atoms with Gasteiger partial charge in [-0.3, -0.25) is 83.1 Å². The van der Waals surface area contributed by atoms with E-state index in [0.29, 0.717) is 106 Å². The van der Waals surface area contributed by atoms with E-state index in [4.69, 9.17) is 31.4 Å². The Morgan fingerprint density at radius 1 is 0.723 bits per heavy atom. The fourth-order valence-corrected chi connectivity index (χ4v) is 22.8. The molecule has 137 heavy (non-hydrogen) atoms. The van der Waals surface area contributed by atoms with Crippen molar-refractivity contribution in [3.63, 3.8) is 0 Å². The molecule has 1 aliphatic carbocycles. The summed E-state index contributed by atoms with van der Waals surface area (Å²) in [6, 6.07) is 3.67. The highest BCUT2D eigenvalue weighted by Crippen LogP contribution is 2.68. The minimum atomic E-state index is -2.75. The van der Waals surface area contributed by atoms with Crippen molar-refractivity contribution in [3.05, 3.63) is 111 Å². The summed E-state index contributed by atoms with van der Waals surface area (Å²) in [4.78, 5) is 223.